The second kappa shape index (κ2) is 15.4. The van der Waals surface area contributed by atoms with Crippen LogP contribution in [-0.2, 0) is 24.7 Å². The Morgan fingerprint density at radius 1 is 0.959 bits per heavy atom. The highest BCUT2D eigenvalue weighted by atomic mass is 35.5. The van der Waals surface area contributed by atoms with Gasteiger partial charge in [-0.3, -0.25) is 14.4 Å². The van der Waals surface area contributed by atoms with Gasteiger partial charge in [0.25, 0.3) is 5.91 Å². The molecular formula is C31H34ClF3N8O6. The molecule has 4 N–H and O–H groups in total. The normalized spacial score (nSPS) is 13.9. The van der Waals surface area contributed by atoms with Crippen molar-refractivity contribution in [3.05, 3.63) is 64.7 Å². The van der Waals surface area contributed by atoms with E-state index in [1.165, 1.54) is 38.4 Å². The van der Waals surface area contributed by atoms with Gasteiger partial charge in [-0.2, -0.15) is 28.1 Å². The number of hydrogen-bond acceptors (Lipinski definition) is 11. The summed E-state index contributed by atoms with van der Waals surface area (Å²) >= 11 is 6.02. The minimum Gasteiger partial charge on any atom is -0.461 e. The van der Waals surface area contributed by atoms with Crippen LogP contribution in [0.4, 0.5) is 30.8 Å². The SMILES string of the molecule is CC(C)OC(=O)[C@H](CNC(=O)C(=O)N(C)C)NC(=O)c1ccc(Nc2nc(NC3(c4ccc(Cl)cc4)CC3)nc(OCC(F)(F)F)n2)cc1. The number of nitrogens with zero attached hydrogens (tertiary/aromatic N) is 4. The van der Waals surface area contributed by atoms with Crippen molar-refractivity contribution < 1.29 is 41.8 Å². The number of nitrogens with one attached hydrogen (secondary N) is 4. The molecule has 0 aliphatic heterocycles. The Morgan fingerprint density at radius 3 is 2.16 bits per heavy atom. The highest BCUT2D eigenvalue weighted by molar-refractivity contribution is 6.34. The number of hydrogen-bond donors (Lipinski definition) is 4. The summed E-state index contributed by atoms with van der Waals surface area (Å²) in [6, 6.07) is 11.0. The lowest BCUT2D eigenvalue weighted by molar-refractivity contribution is -0.154. The third-order valence-electron chi connectivity index (χ3n) is 6.89. The Hall–Kier alpha value is -5.19. The molecular weight excluding hydrogens is 673 g/mol. The van der Waals surface area contributed by atoms with Crippen molar-refractivity contribution in [2.45, 2.75) is 50.6 Å². The Kier molecular flexibility index (Phi) is 11.5. The van der Waals surface area contributed by atoms with Crippen LogP contribution >= 0.6 is 11.6 Å². The summed E-state index contributed by atoms with van der Waals surface area (Å²) in [4.78, 5) is 63.0. The van der Waals surface area contributed by atoms with E-state index in [1.54, 1.807) is 26.0 Å². The van der Waals surface area contributed by atoms with Crippen molar-refractivity contribution in [2.24, 2.45) is 0 Å². The van der Waals surface area contributed by atoms with Crippen molar-refractivity contribution in [3.8, 4) is 6.01 Å². The maximum absolute atomic E-state index is 13.0. The lowest BCUT2D eigenvalue weighted by atomic mass is 10.1. The number of rotatable bonds is 13. The summed E-state index contributed by atoms with van der Waals surface area (Å²) in [7, 11) is 2.77. The van der Waals surface area contributed by atoms with Gasteiger partial charge in [0, 0.05) is 36.9 Å². The predicted molar refractivity (Wildman–Crippen MR) is 171 cm³/mol. The van der Waals surface area contributed by atoms with Crippen LogP contribution in [0.3, 0.4) is 0 Å². The first-order valence-electron chi connectivity index (χ1n) is 14.9. The van der Waals surface area contributed by atoms with E-state index in [4.69, 9.17) is 21.1 Å². The summed E-state index contributed by atoms with van der Waals surface area (Å²) < 4.78 is 48.7. The molecule has 3 aromatic rings. The third-order valence-corrected chi connectivity index (χ3v) is 7.14. The summed E-state index contributed by atoms with van der Waals surface area (Å²) in [5.41, 5.74) is 0.792. The lowest BCUT2D eigenvalue weighted by Gasteiger charge is -2.20. The van der Waals surface area contributed by atoms with Crippen LogP contribution in [0.5, 0.6) is 6.01 Å². The smallest absolute Gasteiger partial charge is 0.422 e. The van der Waals surface area contributed by atoms with Crippen LogP contribution in [0.2, 0.25) is 5.02 Å². The van der Waals surface area contributed by atoms with Crippen molar-refractivity contribution in [1.82, 2.24) is 30.5 Å². The van der Waals surface area contributed by atoms with Gasteiger partial charge in [0.1, 0.15) is 6.04 Å². The average molecular weight is 707 g/mol. The summed E-state index contributed by atoms with van der Waals surface area (Å²) in [5, 5.41) is 11.4. The number of amides is 3. The van der Waals surface area contributed by atoms with Gasteiger partial charge in [0.15, 0.2) is 6.61 Å². The van der Waals surface area contributed by atoms with Crippen molar-refractivity contribution >= 4 is 52.9 Å². The van der Waals surface area contributed by atoms with Crippen molar-refractivity contribution in [3.63, 3.8) is 0 Å². The number of likely N-dealkylation sites (N-methyl/N-ethyl adjacent to an activating group) is 1. The number of carbonyl (C=O) groups is 4. The number of aromatic nitrogens is 3. The largest absolute Gasteiger partial charge is 0.461 e. The first-order chi connectivity index (χ1) is 23.0. The molecule has 262 valence electrons. The molecule has 1 atom stereocenters. The van der Waals surface area contributed by atoms with Gasteiger partial charge in [-0.1, -0.05) is 23.7 Å². The minimum absolute atomic E-state index is 0.0307. The molecule has 0 bridgehead atoms. The van der Waals surface area contributed by atoms with Gasteiger partial charge in [0.05, 0.1) is 11.6 Å². The first kappa shape index (κ1) is 36.6. The molecule has 0 spiro atoms. The molecule has 1 aliphatic rings. The molecule has 0 unspecified atom stereocenters. The van der Waals surface area contributed by atoms with E-state index < -0.39 is 66.7 Å². The Labute approximate surface area is 284 Å². The highest BCUT2D eigenvalue weighted by Crippen LogP contribution is 2.48. The number of carbonyl (C=O) groups excluding carboxylic acids is 4. The maximum atomic E-state index is 13.0. The number of esters is 1. The minimum atomic E-state index is -4.63. The topological polar surface area (TPSA) is 177 Å². The molecule has 49 heavy (non-hydrogen) atoms. The third kappa shape index (κ3) is 10.7. The van der Waals surface area contributed by atoms with E-state index in [-0.39, 0.29) is 17.5 Å². The molecule has 4 rings (SSSR count). The van der Waals surface area contributed by atoms with Crippen molar-refractivity contribution in [2.75, 3.05) is 37.9 Å². The zero-order chi connectivity index (χ0) is 35.9. The fraction of sp³-hybridized carbons (Fsp3) is 0.387. The lowest BCUT2D eigenvalue weighted by Crippen LogP contribution is -2.51. The molecule has 1 aromatic heterocycles. The van der Waals surface area contributed by atoms with Gasteiger partial charge in [-0.15, -0.1) is 0 Å². The quantitative estimate of drug-likeness (QED) is 0.151. The van der Waals surface area contributed by atoms with Gasteiger partial charge in [-0.25, -0.2) is 4.79 Å². The standard InChI is InChI=1S/C31H34ClF3N8O6/c1-17(2)49-26(47)22(15-36-24(45)25(46)43(3)4)38-23(44)18-5-11-21(12-6-18)37-27-39-28(41-29(40-27)48-16-31(33,34)35)42-30(13-14-30)19-7-9-20(32)10-8-19/h5-12,17,22H,13-16H2,1-4H3,(H,36,45)(H,38,44)(H2,37,39,40,41,42)/t22-/m0/s1. The summed E-state index contributed by atoms with van der Waals surface area (Å²) in [6.07, 6.45) is -3.73. The number of benzene rings is 2. The molecule has 0 radical (unpaired) electrons. The van der Waals surface area contributed by atoms with Crippen LogP contribution in [0, 0.1) is 0 Å². The molecule has 1 saturated carbocycles. The summed E-state index contributed by atoms with van der Waals surface area (Å²) in [5.74, 6) is -3.52. The highest BCUT2D eigenvalue weighted by Gasteiger charge is 2.45. The zero-order valence-corrected chi connectivity index (χ0v) is 27.6. The predicted octanol–water partition coefficient (Wildman–Crippen LogP) is 3.57. The maximum Gasteiger partial charge on any atom is 0.422 e. The molecule has 18 heteroatoms. The molecule has 14 nitrogen and oxygen atoms in total. The molecule has 1 fully saturated rings. The Morgan fingerprint density at radius 2 is 1.59 bits per heavy atom. The molecule has 1 aliphatic carbocycles. The fourth-order valence-electron chi connectivity index (χ4n) is 4.33. The van der Waals surface area contributed by atoms with E-state index in [9.17, 15) is 32.3 Å². The average Bonchev–Trinajstić information content (AvgIpc) is 3.81. The van der Waals surface area contributed by atoms with E-state index in [2.05, 4.69) is 36.2 Å². The van der Waals surface area contributed by atoms with Crippen LogP contribution < -0.4 is 26.0 Å². The van der Waals surface area contributed by atoms with E-state index >= 15 is 0 Å². The zero-order valence-electron chi connectivity index (χ0n) is 26.9. The van der Waals surface area contributed by atoms with Gasteiger partial charge < -0.3 is 35.6 Å². The molecule has 0 saturated heterocycles. The van der Waals surface area contributed by atoms with Gasteiger partial charge >= 0.3 is 30.0 Å². The van der Waals surface area contributed by atoms with Gasteiger partial charge in [-0.05, 0) is 68.7 Å². The Balaban J connectivity index is 1.49. The number of halogens is 4. The van der Waals surface area contributed by atoms with Crippen molar-refractivity contribution in [1.29, 1.82) is 0 Å². The first-order valence-corrected chi connectivity index (χ1v) is 15.3. The van der Waals surface area contributed by atoms with Crippen LogP contribution in [0.15, 0.2) is 48.5 Å². The Bertz CT molecular complexity index is 1670. The van der Waals surface area contributed by atoms with Crippen LogP contribution in [-0.4, -0.2) is 89.1 Å². The van der Waals surface area contributed by atoms with Gasteiger partial charge in [0.2, 0.25) is 11.9 Å². The van der Waals surface area contributed by atoms with E-state index in [0.29, 0.717) is 23.6 Å². The van der Waals surface area contributed by atoms with Crippen LogP contribution in [0.1, 0.15) is 42.6 Å². The molecule has 2 aromatic carbocycles. The molecule has 3 amide bonds. The monoisotopic (exact) mass is 706 g/mol. The van der Waals surface area contributed by atoms with Crippen LogP contribution in [0.25, 0.3) is 0 Å². The fourth-order valence-corrected chi connectivity index (χ4v) is 4.46. The number of anilines is 3. The molecule has 1 heterocycles. The number of alkyl halides is 3. The van der Waals surface area contributed by atoms with E-state index in [1.807, 2.05) is 12.1 Å². The second-order valence-electron chi connectivity index (χ2n) is 11.5. The summed E-state index contributed by atoms with van der Waals surface area (Å²) in [6.45, 7) is 1.18. The number of ether oxygens (including phenoxy) is 2. The van der Waals surface area contributed by atoms with E-state index in [0.717, 1.165) is 10.5 Å². The second-order valence-corrected chi connectivity index (χ2v) is 11.9.